The molecule has 0 aromatic heterocycles. The maximum atomic E-state index is 4.58. The van der Waals surface area contributed by atoms with Gasteiger partial charge in [-0.1, -0.05) is 24.5 Å². The quantitative estimate of drug-likeness (QED) is 0.489. The zero-order valence-corrected chi connectivity index (χ0v) is 11.9. The summed E-state index contributed by atoms with van der Waals surface area (Å²) in [6, 6.07) is 0. The Morgan fingerprint density at radius 1 is 1.38 bits per heavy atom. The van der Waals surface area contributed by atoms with E-state index in [1.165, 1.54) is 38.5 Å². The van der Waals surface area contributed by atoms with Crippen molar-refractivity contribution in [2.24, 2.45) is 17.3 Å². The van der Waals surface area contributed by atoms with E-state index in [1.54, 1.807) is 11.1 Å². The van der Waals surface area contributed by atoms with Crippen molar-refractivity contribution in [2.75, 3.05) is 5.75 Å². The number of hydrogen-bond donors (Lipinski definition) is 1. The molecule has 0 spiro atoms. The van der Waals surface area contributed by atoms with Gasteiger partial charge in [0.2, 0.25) is 0 Å². The largest absolute Gasteiger partial charge is 0.179 e. The fourth-order valence-electron chi connectivity index (χ4n) is 3.92. The van der Waals surface area contributed by atoms with Crippen LogP contribution in [0.5, 0.6) is 0 Å². The molecule has 0 unspecified atom stereocenters. The molecule has 2 aliphatic rings. The topological polar surface area (TPSA) is 0 Å². The van der Waals surface area contributed by atoms with Crippen LogP contribution in [0.3, 0.4) is 0 Å². The third-order valence-electron chi connectivity index (χ3n) is 5.19. The van der Waals surface area contributed by atoms with E-state index in [4.69, 9.17) is 0 Å². The molecular formula is C15H26S. The second-order valence-electron chi connectivity index (χ2n) is 6.40. The molecule has 0 nitrogen and oxygen atoms in total. The first kappa shape index (κ1) is 12.5. The molecule has 2 aliphatic carbocycles. The van der Waals surface area contributed by atoms with Crippen molar-refractivity contribution >= 4 is 12.6 Å². The predicted octanol–water partition coefficient (Wildman–Crippen LogP) is 4.86. The molecule has 2 fully saturated rings. The third-order valence-corrected chi connectivity index (χ3v) is 5.66. The van der Waals surface area contributed by atoms with Crippen molar-refractivity contribution in [1.29, 1.82) is 0 Å². The van der Waals surface area contributed by atoms with Gasteiger partial charge in [0.25, 0.3) is 0 Å². The average molecular weight is 238 g/mol. The fourth-order valence-corrected chi connectivity index (χ4v) is 4.36. The summed E-state index contributed by atoms with van der Waals surface area (Å²) in [6.07, 6.45) is 8.45. The molecule has 3 atom stereocenters. The number of fused-ring (bicyclic) bond motifs is 1. The van der Waals surface area contributed by atoms with E-state index >= 15 is 0 Å². The summed E-state index contributed by atoms with van der Waals surface area (Å²) in [6.45, 7) is 7.11. The standard InChI is InChI=1S/C15H26S/c1-11(2)12-6-8-15(3)7-4-5-13(10-16)14(15)9-12/h13-14,16H,4-10H2,1-3H3/t13-,14+,15-/m1/s1. The maximum Gasteiger partial charge on any atom is -0.00665 e. The van der Waals surface area contributed by atoms with Crippen molar-refractivity contribution in [3.63, 3.8) is 0 Å². The second kappa shape index (κ2) is 4.76. The highest BCUT2D eigenvalue weighted by atomic mass is 32.1. The molecule has 2 rings (SSSR count). The molecule has 0 bridgehead atoms. The lowest BCUT2D eigenvalue weighted by Gasteiger charge is -2.50. The molecule has 0 aromatic carbocycles. The van der Waals surface area contributed by atoms with Crippen LogP contribution in [0.15, 0.2) is 11.1 Å². The molecule has 16 heavy (non-hydrogen) atoms. The molecular weight excluding hydrogens is 212 g/mol. The minimum absolute atomic E-state index is 0.630. The minimum atomic E-state index is 0.630. The maximum absolute atomic E-state index is 4.58. The Kier molecular flexibility index (Phi) is 3.73. The Morgan fingerprint density at radius 3 is 2.75 bits per heavy atom. The van der Waals surface area contributed by atoms with Gasteiger partial charge in [0.1, 0.15) is 0 Å². The van der Waals surface area contributed by atoms with Crippen molar-refractivity contribution in [3.05, 3.63) is 11.1 Å². The van der Waals surface area contributed by atoms with Crippen molar-refractivity contribution in [3.8, 4) is 0 Å². The summed E-state index contributed by atoms with van der Waals surface area (Å²) in [5, 5.41) is 0. The van der Waals surface area contributed by atoms with Gasteiger partial charge in [0.15, 0.2) is 0 Å². The Balaban J connectivity index is 2.20. The molecule has 92 valence electrons. The smallest absolute Gasteiger partial charge is 0.00665 e. The molecule has 0 N–H and O–H groups in total. The second-order valence-corrected chi connectivity index (χ2v) is 6.77. The van der Waals surface area contributed by atoms with Gasteiger partial charge >= 0.3 is 0 Å². The van der Waals surface area contributed by atoms with Gasteiger partial charge in [-0.15, -0.1) is 0 Å². The van der Waals surface area contributed by atoms with E-state index in [0.29, 0.717) is 5.41 Å². The molecule has 0 radical (unpaired) electrons. The van der Waals surface area contributed by atoms with E-state index in [9.17, 15) is 0 Å². The highest BCUT2D eigenvalue weighted by molar-refractivity contribution is 7.80. The Labute approximate surface area is 106 Å². The molecule has 0 amide bonds. The van der Waals surface area contributed by atoms with Gasteiger partial charge in [-0.2, -0.15) is 12.6 Å². The lowest BCUT2D eigenvalue weighted by Crippen LogP contribution is -2.40. The lowest BCUT2D eigenvalue weighted by molar-refractivity contribution is 0.0428. The van der Waals surface area contributed by atoms with Crippen molar-refractivity contribution in [1.82, 2.24) is 0 Å². The third kappa shape index (κ3) is 2.20. The Morgan fingerprint density at radius 2 is 2.12 bits per heavy atom. The van der Waals surface area contributed by atoms with Crippen LogP contribution in [-0.4, -0.2) is 5.75 Å². The van der Waals surface area contributed by atoms with E-state index < -0.39 is 0 Å². The van der Waals surface area contributed by atoms with Gasteiger partial charge in [0.05, 0.1) is 0 Å². The summed E-state index contributed by atoms with van der Waals surface area (Å²) >= 11 is 4.58. The SMILES string of the molecule is CC(C)=C1CC[C@@]2(C)CCC[C@H](CS)[C@@H]2C1. The fraction of sp³-hybridized carbons (Fsp3) is 0.867. The molecule has 2 saturated carbocycles. The van der Waals surface area contributed by atoms with E-state index in [1.807, 2.05) is 0 Å². The van der Waals surface area contributed by atoms with Crippen LogP contribution in [0.25, 0.3) is 0 Å². The van der Waals surface area contributed by atoms with Gasteiger partial charge in [-0.05, 0) is 69.0 Å². The van der Waals surface area contributed by atoms with Crippen LogP contribution >= 0.6 is 12.6 Å². The van der Waals surface area contributed by atoms with Gasteiger partial charge in [-0.3, -0.25) is 0 Å². The van der Waals surface area contributed by atoms with Gasteiger partial charge in [0, 0.05) is 0 Å². The van der Waals surface area contributed by atoms with Crippen LogP contribution in [0.2, 0.25) is 0 Å². The first-order chi connectivity index (χ1) is 7.57. The van der Waals surface area contributed by atoms with Crippen LogP contribution in [0.1, 0.15) is 59.3 Å². The summed E-state index contributed by atoms with van der Waals surface area (Å²) in [5.41, 5.74) is 3.95. The first-order valence-corrected chi connectivity index (χ1v) is 7.46. The van der Waals surface area contributed by atoms with E-state index in [-0.39, 0.29) is 0 Å². The summed E-state index contributed by atoms with van der Waals surface area (Å²) in [4.78, 5) is 0. The van der Waals surface area contributed by atoms with E-state index in [2.05, 4.69) is 33.4 Å². The molecule has 0 aromatic rings. The summed E-state index contributed by atoms with van der Waals surface area (Å²) in [5.74, 6) is 2.88. The Hall–Kier alpha value is 0.0900. The number of allylic oxidation sites excluding steroid dienone is 2. The first-order valence-electron chi connectivity index (χ1n) is 6.83. The zero-order chi connectivity index (χ0) is 11.8. The average Bonchev–Trinajstić information content (AvgIpc) is 2.26. The van der Waals surface area contributed by atoms with Crippen LogP contribution in [0.4, 0.5) is 0 Å². The number of thiol groups is 1. The highest BCUT2D eigenvalue weighted by Crippen LogP contribution is 2.54. The van der Waals surface area contributed by atoms with E-state index in [0.717, 1.165) is 17.6 Å². The van der Waals surface area contributed by atoms with Crippen LogP contribution < -0.4 is 0 Å². The van der Waals surface area contributed by atoms with Gasteiger partial charge < -0.3 is 0 Å². The lowest BCUT2D eigenvalue weighted by atomic mass is 9.56. The van der Waals surface area contributed by atoms with Crippen molar-refractivity contribution in [2.45, 2.75) is 59.3 Å². The summed E-state index contributed by atoms with van der Waals surface area (Å²) in [7, 11) is 0. The summed E-state index contributed by atoms with van der Waals surface area (Å²) < 4.78 is 0. The number of hydrogen-bond acceptors (Lipinski definition) is 1. The van der Waals surface area contributed by atoms with Crippen molar-refractivity contribution < 1.29 is 0 Å². The Bertz CT molecular complexity index is 288. The monoisotopic (exact) mass is 238 g/mol. The van der Waals surface area contributed by atoms with Crippen LogP contribution in [0, 0.1) is 17.3 Å². The highest BCUT2D eigenvalue weighted by Gasteiger charge is 2.43. The predicted molar refractivity (Wildman–Crippen MR) is 75.0 cm³/mol. The molecule has 1 heteroatoms. The van der Waals surface area contributed by atoms with Crippen LogP contribution in [-0.2, 0) is 0 Å². The minimum Gasteiger partial charge on any atom is -0.179 e. The number of rotatable bonds is 1. The molecule has 0 saturated heterocycles. The molecule has 0 heterocycles. The molecule has 0 aliphatic heterocycles. The normalized spacial score (nSPS) is 39.4. The zero-order valence-electron chi connectivity index (χ0n) is 11.1. The van der Waals surface area contributed by atoms with Gasteiger partial charge in [-0.25, -0.2) is 0 Å².